The normalized spacial score (nSPS) is 28.7. The minimum Gasteiger partial charge on any atom is -0.342 e. The van der Waals surface area contributed by atoms with Crippen molar-refractivity contribution in [2.45, 2.75) is 44.9 Å². The Labute approximate surface area is 160 Å². The fourth-order valence-electron chi connectivity index (χ4n) is 5.07. The minimum atomic E-state index is -0.0402. The second-order valence-electron chi connectivity index (χ2n) is 8.35. The van der Waals surface area contributed by atoms with Crippen LogP contribution >= 0.6 is 0 Å². The number of carbonyl (C=O) groups excluding carboxylic acids is 3. The molecular weight excluding hydrogens is 340 g/mol. The van der Waals surface area contributed by atoms with Crippen LogP contribution < -0.4 is 5.32 Å². The second kappa shape index (κ2) is 7.83. The molecule has 2 unspecified atom stereocenters. The lowest BCUT2D eigenvalue weighted by Crippen LogP contribution is -2.47. The van der Waals surface area contributed by atoms with Gasteiger partial charge in [-0.15, -0.1) is 0 Å². The van der Waals surface area contributed by atoms with E-state index in [9.17, 15) is 14.4 Å². The fraction of sp³-hybridized carbons (Fsp3) is 0.591. The molecule has 3 fully saturated rings. The van der Waals surface area contributed by atoms with Crippen LogP contribution in [0.15, 0.2) is 30.3 Å². The first kappa shape index (κ1) is 18.2. The van der Waals surface area contributed by atoms with Gasteiger partial charge in [-0.3, -0.25) is 14.4 Å². The van der Waals surface area contributed by atoms with Crippen molar-refractivity contribution in [2.75, 3.05) is 18.4 Å². The number of rotatable bonds is 3. The van der Waals surface area contributed by atoms with E-state index in [2.05, 4.69) is 5.32 Å². The highest BCUT2D eigenvalue weighted by atomic mass is 16.2. The van der Waals surface area contributed by atoms with Crippen molar-refractivity contribution in [1.29, 1.82) is 0 Å². The number of amides is 2. The summed E-state index contributed by atoms with van der Waals surface area (Å²) in [5, 5.41) is 2.97. The summed E-state index contributed by atoms with van der Waals surface area (Å²) in [6.45, 7) is 1.29. The van der Waals surface area contributed by atoms with E-state index in [1.54, 1.807) is 0 Å². The van der Waals surface area contributed by atoms with Crippen molar-refractivity contribution in [2.24, 2.45) is 23.7 Å². The molecule has 5 heteroatoms. The Bertz CT molecular complexity index is 694. The molecule has 2 amide bonds. The Morgan fingerprint density at radius 3 is 2.15 bits per heavy atom. The predicted molar refractivity (Wildman–Crippen MR) is 103 cm³/mol. The summed E-state index contributed by atoms with van der Waals surface area (Å²) < 4.78 is 0. The molecule has 3 aliphatic rings. The van der Waals surface area contributed by atoms with Gasteiger partial charge >= 0.3 is 0 Å². The molecular formula is C22H28N2O3. The monoisotopic (exact) mass is 368 g/mol. The van der Waals surface area contributed by atoms with E-state index in [0.717, 1.165) is 37.8 Å². The third kappa shape index (κ3) is 3.92. The van der Waals surface area contributed by atoms with E-state index >= 15 is 0 Å². The Morgan fingerprint density at radius 2 is 1.52 bits per heavy atom. The van der Waals surface area contributed by atoms with Gasteiger partial charge in [-0.05, 0) is 50.7 Å². The summed E-state index contributed by atoms with van der Waals surface area (Å²) in [6, 6.07) is 9.50. The lowest BCUT2D eigenvalue weighted by atomic mass is 9.67. The van der Waals surface area contributed by atoms with Crippen LogP contribution in [0.3, 0.4) is 0 Å². The Morgan fingerprint density at radius 1 is 0.889 bits per heavy atom. The summed E-state index contributed by atoms with van der Waals surface area (Å²) in [7, 11) is 0. The summed E-state index contributed by atoms with van der Waals surface area (Å²) in [4.78, 5) is 39.6. The number of fused-ring (bicyclic) bond motifs is 2. The average molecular weight is 368 g/mol. The smallest absolute Gasteiger partial charge is 0.227 e. The number of piperidine rings is 1. The highest BCUT2D eigenvalue weighted by Crippen LogP contribution is 2.41. The van der Waals surface area contributed by atoms with Crippen molar-refractivity contribution in [3.63, 3.8) is 0 Å². The van der Waals surface area contributed by atoms with Crippen LogP contribution in [0.2, 0.25) is 0 Å². The van der Waals surface area contributed by atoms with E-state index in [4.69, 9.17) is 0 Å². The zero-order chi connectivity index (χ0) is 18.8. The average Bonchev–Trinajstić information content (AvgIpc) is 2.68. The minimum absolute atomic E-state index is 0.00713. The Balaban J connectivity index is 1.29. The molecule has 1 aromatic rings. The summed E-state index contributed by atoms with van der Waals surface area (Å²) in [5.74, 6) is 0.851. The molecule has 0 radical (unpaired) electrons. The molecule has 2 saturated carbocycles. The summed E-state index contributed by atoms with van der Waals surface area (Å²) in [5.41, 5.74) is 0.819. The maximum absolute atomic E-state index is 13.0. The summed E-state index contributed by atoms with van der Waals surface area (Å²) >= 11 is 0. The van der Waals surface area contributed by atoms with Crippen molar-refractivity contribution >= 4 is 23.3 Å². The number of carbonyl (C=O) groups is 3. The highest BCUT2D eigenvalue weighted by Gasteiger charge is 2.42. The van der Waals surface area contributed by atoms with Gasteiger partial charge in [-0.2, -0.15) is 0 Å². The number of hydrogen-bond acceptors (Lipinski definition) is 3. The van der Waals surface area contributed by atoms with Crippen molar-refractivity contribution in [3.05, 3.63) is 30.3 Å². The number of hydrogen-bond donors (Lipinski definition) is 1. The third-order valence-corrected chi connectivity index (χ3v) is 6.62. The molecule has 5 nitrogen and oxygen atoms in total. The van der Waals surface area contributed by atoms with Crippen LogP contribution in [0.4, 0.5) is 5.69 Å². The van der Waals surface area contributed by atoms with Crippen LogP contribution in [-0.2, 0) is 14.4 Å². The standard InChI is InChI=1S/C22H28N2O3/c25-20-16-5-4-6-17(20)14-18(13-16)22(27)24-11-9-15(10-12-24)21(26)23-19-7-2-1-3-8-19/h1-3,7-8,15-18H,4-6,9-14H2,(H,23,26). The van der Waals surface area contributed by atoms with Crippen LogP contribution in [-0.4, -0.2) is 35.6 Å². The molecule has 0 aromatic heterocycles. The number of anilines is 1. The molecule has 144 valence electrons. The van der Waals surface area contributed by atoms with E-state index < -0.39 is 0 Å². The number of nitrogens with zero attached hydrogens (tertiary/aromatic N) is 1. The topological polar surface area (TPSA) is 66.5 Å². The first-order chi connectivity index (χ1) is 13.1. The maximum Gasteiger partial charge on any atom is 0.227 e. The van der Waals surface area contributed by atoms with Crippen molar-refractivity contribution in [1.82, 2.24) is 4.90 Å². The molecule has 1 N–H and O–H groups in total. The number of ketones is 1. The number of likely N-dealkylation sites (tertiary alicyclic amines) is 1. The zero-order valence-corrected chi connectivity index (χ0v) is 15.7. The van der Waals surface area contributed by atoms with E-state index in [0.29, 0.717) is 31.7 Å². The van der Waals surface area contributed by atoms with Gasteiger partial charge in [0.05, 0.1) is 0 Å². The van der Waals surface area contributed by atoms with E-state index in [-0.39, 0.29) is 35.5 Å². The first-order valence-electron chi connectivity index (χ1n) is 10.3. The Hall–Kier alpha value is -2.17. The van der Waals surface area contributed by atoms with Gasteiger partial charge in [0.25, 0.3) is 0 Å². The SMILES string of the molecule is O=C(Nc1ccccc1)C1CCN(C(=O)C2CC3CCCC(C2)C3=O)CC1. The van der Waals surface area contributed by atoms with Crippen molar-refractivity contribution < 1.29 is 14.4 Å². The van der Waals surface area contributed by atoms with Crippen LogP contribution in [0, 0.1) is 23.7 Å². The van der Waals surface area contributed by atoms with Crippen LogP contribution in [0.1, 0.15) is 44.9 Å². The molecule has 1 aliphatic heterocycles. The number of Topliss-reactive ketones (excluding diaryl/α,β-unsaturated/α-hetero) is 1. The van der Waals surface area contributed by atoms with Gasteiger partial charge in [-0.1, -0.05) is 24.6 Å². The largest absolute Gasteiger partial charge is 0.342 e. The molecule has 0 spiro atoms. The fourth-order valence-corrected chi connectivity index (χ4v) is 5.07. The quantitative estimate of drug-likeness (QED) is 0.890. The lowest BCUT2D eigenvalue weighted by molar-refractivity contribution is -0.145. The number of nitrogens with one attached hydrogen (secondary N) is 1. The molecule has 4 rings (SSSR count). The third-order valence-electron chi connectivity index (χ3n) is 6.62. The molecule has 2 bridgehead atoms. The van der Waals surface area contributed by atoms with Gasteiger partial charge in [0.1, 0.15) is 5.78 Å². The second-order valence-corrected chi connectivity index (χ2v) is 8.35. The lowest BCUT2D eigenvalue weighted by Gasteiger charge is -2.40. The molecule has 2 atom stereocenters. The van der Waals surface area contributed by atoms with E-state index in [1.165, 1.54) is 0 Å². The van der Waals surface area contributed by atoms with Crippen molar-refractivity contribution in [3.8, 4) is 0 Å². The van der Waals surface area contributed by atoms with Crippen LogP contribution in [0.25, 0.3) is 0 Å². The molecule has 27 heavy (non-hydrogen) atoms. The highest BCUT2D eigenvalue weighted by molar-refractivity contribution is 5.93. The number of para-hydroxylation sites is 1. The van der Waals surface area contributed by atoms with Gasteiger partial charge in [0.2, 0.25) is 11.8 Å². The van der Waals surface area contributed by atoms with Gasteiger partial charge < -0.3 is 10.2 Å². The molecule has 1 saturated heterocycles. The van der Waals surface area contributed by atoms with Gasteiger partial charge in [0.15, 0.2) is 0 Å². The molecule has 2 aliphatic carbocycles. The number of benzene rings is 1. The van der Waals surface area contributed by atoms with Crippen LogP contribution in [0.5, 0.6) is 0 Å². The van der Waals surface area contributed by atoms with Gasteiger partial charge in [-0.25, -0.2) is 0 Å². The maximum atomic E-state index is 13.0. The summed E-state index contributed by atoms with van der Waals surface area (Å²) in [6.07, 6.45) is 5.95. The molecule has 1 heterocycles. The van der Waals surface area contributed by atoms with Gasteiger partial charge in [0, 0.05) is 42.4 Å². The molecule has 1 aromatic carbocycles. The predicted octanol–water partition coefficient (Wildman–Crippen LogP) is 3.26. The zero-order valence-electron chi connectivity index (χ0n) is 15.7. The Kier molecular flexibility index (Phi) is 5.28. The first-order valence-corrected chi connectivity index (χ1v) is 10.3. The van der Waals surface area contributed by atoms with E-state index in [1.807, 2.05) is 35.2 Å².